The SMILES string of the molecule is Cc1ccc(-n2nnnc2-c2cnn(-c3ccc(C)c(Cl)c3)c2-c2cccs2)cc1. The Kier molecular flexibility index (Phi) is 4.69. The van der Waals surface area contributed by atoms with Gasteiger partial charge in [-0.3, -0.25) is 0 Å². The zero-order chi connectivity index (χ0) is 20.7. The zero-order valence-corrected chi connectivity index (χ0v) is 17.9. The Morgan fingerprint density at radius 2 is 1.73 bits per heavy atom. The molecule has 5 rings (SSSR count). The Hall–Kier alpha value is -3.29. The van der Waals surface area contributed by atoms with Gasteiger partial charge in [-0.15, -0.1) is 16.4 Å². The van der Waals surface area contributed by atoms with Crippen LogP contribution in [-0.4, -0.2) is 30.0 Å². The fraction of sp³-hybridized carbons (Fsp3) is 0.0909. The number of hydrogen-bond acceptors (Lipinski definition) is 5. The smallest absolute Gasteiger partial charge is 0.190 e. The van der Waals surface area contributed by atoms with Crippen molar-refractivity contribution in [1.29, 1.82) is 0 Å². The van der Waals surface area contributed by atoms with Gasteiger partial charge in [0.15, 0.2) is 5.82 Å². The third kappa shape index (κ3) is 3.22. The lowest BCUT2D eigenvalue weighted by Crippen LogP contribution is -2.02. The van der Waals surface area contributed by atoms with Gasteiger partial charge in [0.25, 0.3) is 0 Å². The molecule has 0 aliphatic rings. The summed E-state index contributed by atoms with van der Waals surface area (Å²) in [7, 11) is 0. The molecule has 5 aromatic rings. The fourth-order valence-corrected chi connectivity index (χ4v) is 4.23. The molecule has 0 radical (unpaired) electrons. The normalized spacial score (nSPS) is 11.2. The highest BCUT2D eigenvalue weighted by molar-refractivity contribution is 7.13. The van der Waals surface area contributed by atoms with Gasteiger partial charge in [0.1, 0.15) is 0 Å². The van der Waals surface area contributed by atoms with Crippen molar-refractivity contribution in [3.8, 4) is 33.3 Å². The Balaban J connectivity index is 1.71. The maximum Gasteiger partial charge on any atom is 0.190 e. The predicted molar refractivity (Wildman–Crippen MR) is 120 cm³/mol. The summed E-state index contributed by atoms with van der Waals surface area (Å²) in [5.41, 5.74) is 5.75. The van der Waals surface area contributed by atoms with E-state index in [1.807, 2.05) is 65.5 Å². The van der Waals surface area contributed by atoms with Crippen LogP contribution in [0.5, 0.6) is 0 Å². The molecule has 0 saturated heterocycles. The number of nitrogens with zero attached hydrogens (tertiary/aromatic N) is 6. The molecule has 0 aliphatic carbocycles. The Morgan fingerprint density at radius 1 is 0.933 bits per heavy atom. The third-order valence-corrected chi connectivity index (χ3v) is 6.20. The standard InChI is InChI=1S/C22H17ClN6S/c1-14-5-8-16(9-6-14)29-22(25-26-27-29)18-13-24-28(21(18)20-4-3-11-30-20)17-10-7-15(2)19(23)12-17/h3-13H,1-2H3. The number of tetrazole rings is 1. The number of hydrogen-bond donors (Lipinski definition) is 0. The van der Waals surface area contributed by atoms with Crippen LogP contribution in [0.2, 0.25) is 5.02 Å². The van der Waals surface area contributed by atoms with Crippen molar-refractivity contribution in [2.45, 2.75) is 13.8 Å². The van der Waals surface area contributed by atoms with Crippen molar-refractivity contribution >= 4 is 22.9 Å². The van der Waals surface area contributed by atoms with Gasteiger partial charge in [-0.25, -0.2) is 4.68 Å². The third-order valence-electron chi connectivity index (χ3n) is 4.91. The summed E-state index contributed by atoms with van der Waals surface area (Å²) in [6, 6.07) is 18.1. The number of halogens is 1. The number of benzene rings is 2. The monoisotopic (exact) mass is 432 g/mol. The number of aryl methyl sites for hydroxylation is 2. The molecule has 8 heteroatoms. The number of aromatic nitrogens is 6. The van der Waals surface area contributed by atoms with Crippen LogP contribution in [0.25, 0.3) is 33.3 Å². The van der Waals surface area contributed by atoms with E-state index in [2.05, 4.69) is 33.6 Å². The van der Waals surface area contributed by atoms with Crippen molar-refractivity contribution in [2.75, 3.05) is 0 Å². The van der Waals surface area contributed by atoms with Crippen molar-refractivity contribution in [3.05, 3.63) is 82.3 Å². The molecule has 3 heterocycles. The van der Waals surface area contributed by atoms with Gasteiger partial charge in [0.2, 0.25) is 0 Å². The molecule has 0 bridgehead atoms. The van der Waals surface area contributed by atoms with Crippen molar-refractivity contribution in [3.63, 3.8) is 0 Å². The van der Waals surface area contributed by atoms with E-state index < -0.39 is 0 Å². The van der Waals surface area contributed by atoms with Crippen LogP contribution >= 0.6 is 22.9 Å². The van der Waals surface area contributed by atoms with Gasteiger partial charge < -0.3 is 0 Å². The van der Waals surface area contributed by atoms with Gasteiger partial charge in [-0.05, 0) is 65.5 Å². The average Bonchev–Trinajstić information content (AvgIpc) is 3.50. The van der Waals surface area contributed by atoms with Crippen molar-refractivity contribution in [2.24, 2.45) is 0 Å². The van der Waals surface area contributed by atoms with E-state index in [0.29, 0.717) is 10.8 Å². The second-order valence-electron chi connectivity index (χ2n) is 6.98. The molecular formula is C22H17ClN6S. The van der Waals surface area contributed by atoms with Crippen molar-refractivity contribution in [1.82, 2.24) is 30.0 Å². The minimum absolute atomic E-state index is 0.631. The highest BCUT2D eigenvalue weighted by Gasteiger charge is 2.22. The largest absolute Gasteiger partial charge is 0.231 e. The van der Waals surface area contributed by atoms with E-state index in [0.717, 1.165) is 33.1 Å². The summed E-state index contributed by atoms with van der Waals surface area (Å²) in [4.78, 5) is 1.07. The number of rotatable bonds is 4. The van der Waals surface area contributed by atoms with Crippen LogP contribution in [-0.2, 0) is 0 Å². The predicted octanol–water partition coefficient (Wildman–Crippen LogP) is 5.51. The number of thiophene rings is 1. The highest BCUT2D eigenvalue weighted by atomic mass is 35.5. The van der Waals surface area contributed by atoms with Crippen molar-refractivity contribution < 1.29 is 0 Å². The second kappa shape index (κ2) is 7.51. The average molecular weight is 433 g/mol. The summed E-state index contributed by atoms with van der Waals surface area (Å²) < 4.78 is 3.63. The van der Waals surface area contributed by atoms with Crippen LogP contribution in [0.3, 0.4) is 0 Å². The molecule has 2 aromatic carbocycles. The maximum absolute atomic E-state index is 6.39. The molecule has 0 saturated carbocycles. The fourth-order valence-electron chi connectivity index (χ4n) is 3.29. The van der Waals surface area contributed by atoms with Crippen LogP contribution in [0.15, 0.2) is 66.2 Å². The lowest BCUT2D eigenvalue weighted by atomic mass is 10.1. The van der Waals surface area contributed by atoms with Gasteiger partial charge in [0.05, 0.1) is 33.7 Å². The molecule has 30 heavy (non-hydrogen) atoms. The van der Waals surface area contributed by atoms with Gasteiger partial charge in [0, 0.05) is 5.02 Å². The molecule has 0 aliphatic heterocycles. The Labute approximate surface area is 182 Å². The first-order valence-electron chi connectivity index (χ1n) is 9.36. The first kappa shape index (κ1) is 18.7. The zero-order valence-electron chi connectivity index (χ0n) is 16.3. The van der Waals surface area contributed by atoms with Crippen LogP contribution in [0.4, 0.5) is 0 Å². The van der Waals surface area contributed by atoms with E-state index in [1.54, 1.807) is 22.2 Å². The van der Waals surface area contributed by atoms with Gasteiger partial charge in [-0.2, -0.15) is 9.78 Å². The van der Waals surface area contributed by atoms with Gasteiger partial charge >= 0.3 is 0 Å². The molecule has 6 nitrogen and oxygen atoms in total. The summed E-state index contributed by atoms with van der Waals surface area (Å²) in [6.07, 6.45) is 1.80. The second-order valence-corrected chi connectivity index (χ2v) is 8.33. The summed E-state index contributed by atoms with van der Waals surface area (Å²) in [5, 5.41) is 19.9. The maximum atomic E-state index is 6.39. The summed E-state index contributed by atoms with van der Waals surface area (Å²) in [5.74, 6) is 0.631. The van der Waals surface area contributed by atoms with Gasteiger partial charge in [-0.1, -0.05) is 41.4 Å². The van der Waals surface area contributed by atoms with Crippen LogP contribution < -0.4 is 0 Å². The minimum atomic E-state index is 0.631. The quantitative estimate of drug-likeness (QED) is 0.375. The van der Waals surface area contributed by atoms with Crippen LogP contribution in [0.1, 0.15) is 11.1 Å². The van der Waals surface area contributed by atoms with E-state index in [1.165, 1.54) is 5.56 Å². The molecule has 0 fully saturated rings. The van der Waals surface area contributed by atoms with E-state index in [-0.39, 0.29) is 0 Å². The first-order valence-corrected chi connectivity index (χ1v) is 10.6. The Bertz CT molecular complexity index is 1320. The molecule has 0 amide bonds. The lowest BCUT2D eigenvalue weighted by molar-refractivity contribution is 0.791. The topological polar surface area (TPSA) is 61.4 Å². The summed E-state index contributed by atoms with van der Waals surface area (Å²) in [6.45, 7) is 4.03. The summed E-state index contributed by atoms with van der Waals surface area (Å²) >= 11 is 8.03. The molecule has 3 aromatic heterocycles. The van der Waals surface area contributed by atoms with E-state index in [4.69, 9.17) is 11.6 Å². The first-order chi connectivity index (χ1) is 14.6. The molecule has 0 unspecified atom stereocenters. The van der Waals surface area contributed by atoms with E-state index >= 15 is 0 Å². The molecule has 0 spiro atoms. The van der Waals surface area contributed by atoms with Crippen LogP contribution in [0, 0.1) is 13.8 Å². The lowest BCUT2D eigenvalue weighted by Gasteiger charge is -2.10. The molecular weight excluding hydrogens is 416 g/mol. The molecule has 0 N–H and O–H groups in total. The Morgan fingerprint density at radius 3 is 2.47 bits per heavy atom. The van der Waals surface area contributed by atoms with E-state index in [9.17, 15) is 0 Å². The molecule has 0 atom stereocenters. The minimum Gasteiger partial charge on any atom is -0.231 e. The highest BCUT2D eigenvalue weighted by Crippen LogP contribution is 2.36. The molecule has 148 valence electrons.